The van der Waals surface area contributed by atoms with Crippen molar-refractivity contribution in [3.05, 3.63) is 46.3 Å². The quantitative estimate of drug-likeness (QED) is 0.756. The molecular formula is C19H21NO3. The number of likely N-dealkylation sites (tertiary alicyclic amines) is 1. The summed E-state index contributed by atoms with van der Waals surface area (Å²) in [4.78, 5) is 27.2. The molecule has 2 aromatic rings. The van der Waals surface area contributed by atoms with Gasteiger partial charge >= 0.3 is 5.63 Å². The van der Waals surface area contributed by atoms with Gasteiger partial charge in [-0.15, -0.1) is 0 Å². The van der Waals surface area contributed by atoms with Crippen LogP contribution in [-0.2, 0) is 0 Å². The van der Waals surface area contributed by atoms with Gasteiger partial charge in [-0.25, -0.2) is 4.79 Å². The van der Waals surface area contributed by atoms with Gasteiger partial charge in [-0.05, 0) is 43.7 Å². The Labute approximate surface area is 135 Å². The van der Waals surface area contributed by atoms with Crippen molar-refractivity contribution in [1.29, 1.82) is 0 Å². The minimum atomic E-state index is -0.522. The highest BCUT2D eigenvalue weighted by Gasteiger charge is 2.36. The van der Waals surface area contributed by atoms with E-state index in [9.17, 15) is 9.59 Å². The Balaban J connectivity index is 1.70. The molecule has 1 saturated carbocycles. The van der Waals surface area contributed by atoms with Crippen molar-refractivity contribution in [2.24, 2.45) is 5.92 Å². The van der Waals surface area contributed by atoms with Crippen LogP contribution in [0.3, 0.4) is 0 Å². The summed E-state index contributed by atoms with van der Waals surface area (Å²) in [5.41, 5.74) is 0.185. The van der Waals surface area contributed by atoms with Crippen LogP contribution in [0.25, 0.3) is 11.0 Å². The third-order valence-electron chi connectivity index (χ3n) is 5.38. The summed E-state index contributed by atoms with van der Waals surface area (Å²) < 4.78 is 5.34. The summed E-state index contributed by atoms with van der Waals surface area (Å²) in [5.74, 6) is 0.454. The van der Waals surface area contributed by atoms with E-state index in [-0.39, 0.29) is 11.5 Å². The van der Waals surface area contributed by atoms with Crippen molar-refractivity contribution in [3.63, 3.8) is 0 Å². The predicted molar refractivity (Wildman–Crippen MR) is 88.5 cm³/mol. The van der Waals surface area contributed by atoms with Gasteiger partial charge in [0.05, 0.1) is 0 Å². The van der Waals surface area contributed by atoms with Crippen LogP contribution >= 0.6 is 0 Å². The molecule has 120 valence electrons. The average molecular weight is 311 g/mol. The molecule has 4 nitrogen and oxygen atoms in total. The highest BCUT2D eigenvalue weighted by Crippen LogP contribution is 2.35. The maximum Gasteiger partial charge on any atom is 0.349 e. The fourth-order valence-corrected chi connectivity index (χ4v) is 4.24. The van der Waals surface area contributed by atoms with Crippen molar-refractivity contribution >= 4 is 16.9 Å². The number of para-hydroxylation sites is 1. The highest BCUT2D eigenvalue weighted by atomic mass is 16.4. The van der Waals surface area contributed by atoms with Gasteiger partial charge < -0.3 is 9.32 Å². The average Bonchev–Trinajstić information content (AvgIpc) is 2.60. The lowest BCUT2D eigenvalue weighted by molar-refractivity contribution is 0.0387. The molecule has 4 rings (SSSR count). The highest BCUT2D eigenvalue weighted by molar-refractivity contribution is 5.96. The first-order valence-corrected chi connectivity index (χ1v) is 8.58. The fraction of sp³-hybridized carbons (Fsp3) is 0.474. The monoisotopic (exact) mass is 311 g/mol. The predicted octanol–water partition coefficient (Wildman–Crippen LogP) is 3.59. The third kappa shape index (κ3) is 2.56. The molecule has 0 radical (unpaired) electrons. The van der Waals surface area contributed by atoms with E-state index in [1.807, 2.05) is 23.1 Å². The number of benzene rings is 1. The molecule has 0 bridgehead atoms. The molecule has 0 N–H and O–H groups in total. The zero-order valence-electron chi connectivity index (χ0n) is 13.2. The summed E-state index contributed by atoms with van der Waals surface area (Å²) in [5, 5.41) is 0.799. The van der Waals surface area contributed by atoms with Crippen LogP contribution in [0.15, 0.2) is 39.5 Å². The van der Waals surface area contributed by atoms with Gasteiger partial charge in [-0.1, -0.05) is 31.0 Å². The number of piperidine rings is 1. The van der Waals surface area contributed by atoms with Crippen LogP contribution in [0, 0.1) is 5.92 Å². The van der Waals surface area contributed by atoms with Crippen molar-refractivity contribution in [3.8, 4) is 0 Å². The van der Waals surface area contributed by atoms with Gasteiger partial charge in [-0.2, -0.15) is 0 Å². The molecule has 2 unspecified atom stereocenters. The van der Waals surface area contributed by atoms with Gasteiger partial charge in [0.25, 0.3) is 5.91 Å². The minimum absolute atomic E-state index is 0.152. The molecule has 2 atom stereocenters. The van der Waals surface area contributed by atoms with Crippen LogP contribution in [0.4, 0.5) is 0 Å². The Bertz CT molecular complexity index is 793. The van der Waals surface area contributed by atoms with Crippen LogP contribution in [-0.4, -0.2) is 23.4 Å². The summed E-state index contributed by atoms with van der Waals surface area (Å²) in [7, 11) is 0. The van der Waals surface area contributed by atoms with E-state index in [0.717, 1.165) is 24.8 Å². The molecule has 4 heteroatoms. The van der Waals surface area contributed by atoms with E-state index >= 15 is 0 Å². The minimum Gasteiger partial charge on any atom is -0.422 e. The second kappa shape index (κ2) is 5.84. The van der Waals surface area contributed by atoms with E-state index in [0.29, 0.717) is 17.5 Å². The number of fused-ring (bicyclic) bond motifs is 2. The molecule has 2 fully saturated rings. The molecule has 1 aromatic carbocycles. The number of amides is 1. The number of nitrogens with zero attached hydrogens (tertiary/aromatic N) is 1. The van der Waals surface area contributed by atoms with Crippen molar-refractivity contribution in [1.82, 2.24) is 4.90 Å². The van der Waals surface area contributed by atoms with Crippen molar-refractivity contribution in [2.75, 3.05) is 6.54 Å². The SMILES string of the molecule is O=C(c1cc2ccccc2oc1=O)N1CCCC2CCCCC21. The lowest BCUT2D eigenvalue weighted by Crippen LogP contribution is -2.50. The lowest BCUT2D eigenvalue weighted by Gasteiger charge is -2.44. The summed E-state index contributed by atoms with van der Waals surface area (Å²) in [6.07, 6.45) is 6.96. The number of hydrogen-bond acceptors (Lipinski definition) is 3. The first kappa shape index (κ1) is 14.5. The standard InChI is InChI=1S/C19H21NO3/c21-18(20-11-5-8-13-6-1-3-9-16(13)20)15-12-14-7-2-4-10-17(14)23-19(15)22/h2,4,7,10,12-13,16H,1,3,5-6,8-9,11H2. The Kier molecular flexibility index (Phi) is 3.68. The zero-order chi connectivity index (χ0) is 15.8. The molecule has 1 aliphatic carbocycles. The number of carbonyl (C=O) groups excluding carboxylic acids is 1. The molecule has 1 aliphatic heterocycles. The van der Waals surface area contributed by atoms with E-state index in [1.165, 1.54) is 25.7 Å². The first-order valence-electron chi connectivity index (χ1n) is 8.58. The molecule has 23 heavy (non-hydrogen) atoms. The van der Waals surface area contributed by atoms with Crippen LogP contribution in [0.5, 0.6) is 0 Å². The van der Waals surface area contributed by atoms with E-state index in [4.69, 9.17) is 4.42 Å². The maximum atomic E-state index is 13.0. The van der Waals surface area contributed by atoms with Gasteiger partial charge in [0, 0.05) is 18.0 Å². The summed E-state index contributed by atoms with van der Waals surface area (Å²) in [6, 6.07) is 9.32. The maximum absolute atomic E-state index is 13.0. The fourth-order valence-electron chi connectivity index (χ4n) is 4.24. The summed E-state index contributed by atoms with van der Waals surface area (Å²) in [6.45, 7) is 0.756. The smallest absolute Gasteiger partial charge is 0.349 e. The molecule has 1 saturated heterocycles. The second-order valence-corrected chi connectivity index (χ2v) is 6.74. The number of rotatable bonds is 1. The lowest BCUT2D eigenvalue weighted by atomic mass is 9.78. The number of carbonyl (C=O) groups is 1. The Morgan fingerprint density at radius 3 is 2.78 bits per heavy atom. The Hall–Kier alpha value is -2.10. The Morgan fingerprint density at radius 1 is 1.09 bits per heavy atom. The molecule has 1 amide bonds. The van der Waals surface area contributed by atoms with E-state index in [2.05, 4.69) is 0 Å². The molecule has 1 aromatic heterocycles. The molecule has 0 spiro atoms. The third-order valence-corrected chi connectivity index (χ3v) is 5.38. The molecule has 2 heterocycles. The topological polar surface area (TPSA) is 50.5 Å². The normalized spacial score (nSPS) is 24.4. The van der Waals surface area contributed by atoms with Crippen molar-refractivity contribution in [2.45, 2.75) is 44.6 Å². The van der Waals surface area contributed by atoms with Gasteiger partial charge in [0.2, 0.25) is 0 Å². The molecule has 2 aliphatic rings. The largest absolute Gasteiger partial charge is 0.422 e. The van der Waals surface area contributed by atoms with E-state index in [1.54, 1.807) is 12.1 Å². The van der Waals surface area contributed by atoms with Gasteiger partial charge in [-0.3, -0.25) is 4.79 Å². The summed E-state index contributed by atoms with van der Waals surface area (Å²) >= 11 is 0. The van der Waals surface area contributed by atoms with Gasteiger partial charge in [0.1, 0.15) is 11.1 Å². The second-order valence-electron chi connectivity index (χ2n) is 6.74. The Morgan fingerprint density at radius 2 is 1.87 bits per heavy atom. The van der Waals surface area contributed by atoms with Crippen LogP contribution in [0.2, 0.25) is 0 Å². The van der Waals surface area contributed by atoms with Gasteiger partial charge in [0.15, 0.2) is 0 Å². The van der Waals surface area contributed by atoms with E-state index < -0.39 is 5.63 Å². The first-order chi connectivity index (χ1) is 11.2. The zero-order valence-corrected chi connectivity index (χ0v) is 13.2. The van der Waals surface area contributed by atoms with Crippen LogP contribution < -0.4 is 5.63 Å². The van der Waals surface area contributed by atoms with Crippen molar-refractivity contribution < 1.29 is 9.21 Å². The number of hydrogen-bond donors (Lipinski definition) is 0. The van der Waals surface area contributed by atoms with Crippen LogP contribution in [0.1, 0.15) is 48.9 Å². The molecular weight excluding hydrogens is 290 g/mol.